The van der Waals surface area contributed by atoms with Crippen molar-refractivity contribution in [3.8, 4) is 0 Å². The Morgan fingerprint density at radius 3 is 2.48 bits per heavy atom. The number of H-pyrrole nitrogens is 2. The molecule has 1 amide bonds. The maximum Gasteiger partial charge on any atom is 0.345 e. The molecule has 8 heteroatoms. The van der Waals surface area contributed by atoms with Crippen LogP contribution in [-0.4, -0.2) is 46.4 Å². The topological polar surface area (TPSA) is 112 Å². The van der Waals surface area contributed by atoms with E-state index in [-0.39, 0.29) is 11.5 Å². The summed E-state index contributed by atoms with van der Waals surface area (Å²) >= 11 is 0. The highest BCUT2D eigenvalue weighted by Crippen LogP contribution is 2.21. The second-order valence-electron chi connectivity index (χ2n) is 6.58. The van der Waals surface area contributed by atoms with Crippen molar-refractivity contribution >= 4 is 11.9 Å². The van der Waals surface area contributed by atoms with Gasteiger partial charge in [0.05, 0.1) is 0 Å². The second-order valence-corrected chi connectivity index (χ2v) is 6.58. The summed E-state index contributed by atoms with van der Waals surface area (Å²) in [6.45, 7) is 0.807. The van der Waals surface area contributed by atoms with Crippen LogP contribution in [0.2, 0.25) is 0 Å². The lowest BCUT2D eigenvalue weighted by molar-refractivity contribution is -0.135. The quantitative estimate of drug-likeness (QED) is 0.752. The first-order valence-corrected chi connectivity index (χ1v) is 8.84. The van der Waals surface area contributed by atoms with Gasteiger partial charge in [0.1, 0.15) is 5.56 Å². The molecule has 3 rings (SSSR count). The van der Waals surface area contributed by atoms with Crippen LogP contribution in [0, 0.1) is 5.92 Å². The lowest BCUT2D eigenvalue weighted by Crippen LogP contribution is -2.41. The molecule has 0 bridgehead atoms. The Kier molecular flexibility index (Phi) is 5.85. The van der Waals surface area contributed by atoms with Crippen LogP contribution in [0.3, 0.4) is 0 Å². The SMILES string of the molecule is O=C(OCC(=O)N1CCC(Cc2ccccc2)CC1)c1c[nH]c(=O)[nH]c1=O. The van der Waals surface area contributed by atoms with Gasteiger partial charge in [-0.3, -0.25) is 14.6 Å². The van der Waals surface area contributed by atoms with Crippen molar-refractivity contribution < 1.29 is 14.3 Å². The number of nitrogens with zero attached hydrogens (tertiary/aromatic N) is 1. The zero-order valence-corrected chi connectivity index (χ0v) is 14.8. The van der Waals surface area contributed by atoms with Crippen molar-refractivity contribution in [2.75, 3.05) is 19.7 Å². The number of benzene rings is 1. The van der Waals surface area contributed by atoms with Crippen molar-refractivity contribution in [1.29, 1.82) is 0 Å². The average molecular weight is 371 g/mol. The number of carbonyl (C=O) groups excluding carboxylic acids is 2. The lowest BCUT2D eigenvalue weighted by Gasteiger charge is -2.32. The number of amides is 1. The number of piperidine rings is 1. The third kappa shape index (κ3) is 4.93. The van der Waals surface area contributed by atoms with Gasteiger partial charge in [-0.2, -0.15) is 0 Å². The number of esters is 1. The molecule has 1 aromatic heterocycles. The van der Waals surface area contributed by atoms with E-state index < -0.39 is 23.8 Å². The van der Waals surface area contributed by atoms with E-state index in [0.29, 0.717) is 19.0 Å². The standard InChI is InChI=1S/C19H21N3O5/c23-16(12-27-18(25)15-11-20-19(26)21-17(15)24)22-8-6-14(7-9-22)10-13-4-2-1-3-5-13/h1-5,11,14H,6-10,12H2,(H2,20,21,24,26). The van der Waals surface area contributed by atoms with Crippen molar-refractivity contribution in [2.24, 2.45) is 5.92 Å². The fourth-order valence-electron chi connectivity index (χ4n) is 3.19. The van der Waals surface area contributed by atoms with Gasteiger partial charge >= 0.3 is 11.7 Å². The van der Waals surface area contributed by atoms with E-state index in [4.69, 9.17) is 4.74 Å². The molecule has 1 aliphatic rings. The van der Waals surface area contributed by atoms with Crippen LogP contribution in [-0.2, 0) is 16.0 Å². The molecule has 0 unspecified atom stereocenters. The minimum absolute atomic E-state index is 0.289. The zero-order valence-electron chi connectivity index (χ0n) is 14.8. The molecular formula is C19H21N3O5. The fourth-order valence-corrected chi connectivity index (χ4v) is 3.19. The first-order chi connectivity index (χ1) is 13.0. The summed E-state index contributed by atoms with van der Waals surface area (Å²) in [5.74, 6) is -0.708. The predicted molar refractivity (Wildman–Crippen MR) is 97.4 cm³/mol. The molecule has 0 radical (unpaired) electrons. The molecule has 27 heavy (non-hydrogen) atoms. The number of aromatic amines is 2. The maximum absolute atomic E-state index is 12.2. The van der Waals surface area contributed by atoms with Crippen LogP contribution in [0.5, 0.6) is 0 Å². The predicted octanol–water partition coefficient (Wildman–Crippen LogP) is 0.701. The lowest BCUT2D eigenvalue weighted by atomic mass is 9.90. The first-order valence-electron chi connectivity index (χ1n) is 8.84. The number of likely N-dealkylation sites (tertiary alicyclic amines) is 1. The van der Waals surface area contributed by atoms with E-state index in [9.17, 15) is 19.2 Å². The Morgan fingerprint density at radius 2 is 1.81 bits per heavy atom. The van der Waals surface area contributed by atoms with E-state index in [1.54, 1.807) is 4.90 Å². The van der Waals surface area contributed by atoms with Gasteiger partial charge in [0, 0.05) is 19.3 Å². The number of rotatable bonds is 5. The van der Waals surface area contributed by atoms with Gasteiger partial charge in [-0.05, 0) is 30.7 Å². The van der Waals surface area contributed by atoms with Crippen LogP contribution in [0.15, 0.2) is 46.1 Å². The number of hydrogen-bond acceptors (Lipinski definition) is 5. The summed E-state index contributed by atoms with van der Waals surface area (Å²) in [6.07, 6.45) is 3.76. The molecule has 8 nitrogen and oxygen atoms in total. The van der Waals surface area contributed by atoms with E-state index >= 15 is 0 Å². The number of aromatic nitrogens is 2. The number of carbonyl (C=O) groups is 2. The summed E-state index contributed by atoms with van der Waals surface area (Å²) < 4.78 is 4.91. The van der Waals surface area contributed by atoms with Gasteiger partial charge in [0.2, 0.25) is 0 Å². The van der Waals surface area contributed by atoms with Gasteiger partial charge in [0.25, 0.3) is 11.5 Å². The van der Waals surface area contributed by atoms with Crippen molar-refractivity contribution in [1.82, 2.24) is 14.9 Å². The highest BCUT2D eigenvalue weighted by molar-refractivity contribution is 5.90. The summed E-state index contributed by atoms with van der Waals surface area (Å²) in [6, 6.07) is 10.3. The van der Waals surface area contributed by atoms with Gasteiger partial charge in [-0.1, -0.05) is 30.3 Å². The summed E-state index contributed by atoms with van der Waals surface area (Å²) in [7, 11) is 0. The van der Waals surface area contributed by atoms with Gasteiger partial charge in [-0.25, -0.2) is 9.59 Å². The minimum atomic E-state index is -0.945. The Balaban J connectivity index is 1.46. The Labute approximate surface area is 155 Å². The molecule has 1 aromatic carbocycles. The van der Waals surface area contributed by atoms with Gasteiger partial charge < -0.3 is 14.6 Å². The highest BCUT2D eigenvalue weighted by Gasteiger charge is 2.24. The Hall–Kier alpha value is -3.16. The fraction of sp³-hybridized carbons (Fsp3) is 0.368. The second kappa shape index (κ2) is 8.48. The molecule has 0 aliphatic carbocycles. The van der Waals surface area contributed by atoms with Crippen LogP contribution < -0.4 is 11.2 Å². The largest absolute Gasteiger partial charge is 0.452 e. The number of ether oxygens (including phenoxy) is 1. The maximum atomic E-state index is 12.2. The molecule has 1 fully saturated rings. The molecule has 2 N–H and O–H groups in total. The summed E-state index contributed by atoms with van der Waals surface area (Å²) in [4.78, 5) is 52.4. The Morgan fingerprint density at radius 1 is 1.11 bits per heavy atom. The van der Waals surface area contributed by atoms with Gasteiger partial charge in [0.15, 0.2) is 6.61 Å². The van der Waals surface area contributed by atoms with Crippen molar-refractivity contribution in [2.45, 2.75) is 19.3 Å². The number of nitrogens with one attached hydrogen (secondary N) is 2. The average Bonchev–Trinajstić information content (AvgIpc) is 2.67. The first kappa shape index (κ1) is 18.6. The normalized spacial score (nSPS) is 14.7. The van der Waals surface area contributed by atoms with Crippen LogP contribution >= 0.6 is 0 Å². The molecule has 1 aliphatic heterocycles. The Bertz CT molecular complexity index is 911. The van der Waals surface area contributed by atoms with E-state index in [0.717, 1.165) is 25.5 Å². The molecule has 0 saturated carbocycles. The van der Waals surface area contributed by atoms with E-state index in [2.05, 4.69) is 17.1 Å². The minimum Gasteiger partial charge on any atom is -0.452 e. The molecule has 2 aromatic rings. The monoisotopic (exact) mass is 371 g/mol. The van der Waals surface area contributed by atoms with Crippen LogP contribution in [0.4, 0.5) is 0 Å². The number of hydrogen-bond donors (Lipinski definition) is 2. The van der Waals surface area contributed by atoms with E-state index in [1.807, 2.05) is 23.2 Å². The molecule has 2 heterocycles. The summed E-state index contributed by atoms with van der Waals surface area (Å²) in [5, 5.41) is 0. The highest BCUT2D eigenvalue weighted by atomic mass is 16.5. The van der Waals surface area contributed by atoms with E-state index in [1.165, 1.54) is 5.56 Å². The summed E-state index contributed by atoms with van der Waals surface area (Å²) in [5.41, 5.74) is -0.616. The van der Waals surface area contributed by atoms with Crippen molar-refractivity contribution in [3.05, 3.63) is 68.5 Å². The molecule has 142 valence electrons. The molecular weight excluding hydrogens is 350 g/mol. The van der Waals surface area contributed by atoms with Crippen LogP contribution in [0.25, 0.3) is 0 Å². The van der Waals surface area contributed by atoms with Gasteiger partial charge in [-0.15, -0.1) is 0 Å². The molecule has 1 saturated heterocycles. The zero-order chi connectivity index (χ0) is 19.2. The van der Waals surface area contributed by atoms with Crippen LogP contribution in [0.1, 0.15) is 28.8 Å². The van der Waals surface area contributed by atoms with Crippen molar-refractivity contribution in [3.63, 3.8) is 0 Å². The smallest absolute Gasteiger partial charge is 0.345 e. The molecule has 0 spiro atoms. The third-order valence-electron chi connectivity index (χ3n) is 4.70. The third-order valence-corrected chi connectivity index (χ3v) is 4.70. The molecule has 0 atom stereocenters.